The number of nitrogens with zero attached hydrogens (tertiary/aromatic N) is 2. The summed E-state index contributed by atoms with van der Waals surface area (Å²) in [7, 11) is 0. The predicted octanol–water partition coefficient (Wildman–Crippen LogP) is 4.00. The van der Waals surface area contributed by atoms with Gasteiger partial charge in [-0.05, 0) is 43.7 Å². The van der Waals surface area contributed by atoms with E-state index in [2.05, 4.69) is 20.3 Å². The first kappa shape index (κ1) is 20.4. The van der Waals surface area contributed by atoms with E-state index in [-0.39, 0.29) is 11.3 Å². The molecule has 29 heavy (non-hydrogen) atoms. The molecule has 0 aliphatic rings. The molecular formula is C20H19F3N4O2. The molecular weight excluding hydrogens is 385 g/mol. The number of halogens is 3. The van der Waals surface area contributed by atoms with Crippen molar-refractivity contribution >= 4 is 5.82 Å². The molecule has 2 N–H and O–H groups in total. The zero-order valence-corrected chi connectivity index (χ0v) is 15.8. The number of nitrogens with one attached hydrogen (secondary N) is 2. The highest BCUT2D eigenvalue weighted by Gasteiger charge is 2.28. The van der Waals surface area contributed by atoms with Crippen LogP contribution in [0.25, 0.3) is 11.4 Å². The molecule has 0 saturated carbocycles. The van der Waals surface area contributed by atoms with Crippen LogP contribution >= 0.6 is 0 Å². The van der Waals surface area contributed by atoms with E-state index in [1.54, 1.807) is 44.3 Å². The Labute approximate surface area is 164 Å². The molecule has 152 valence electrons. The lowest BCUT2D eigenvalue weighted by atomic mass is 10.2. The second-order valence-electron chi connectivity index (χ2n) is 6.46. The molecule has 0 unspecified atom stereocenters. The number of H-pyrrole nitrogens is 1. The van der Waals surface area contributed by atoms with Crippen LogP contribution in [0.4, 0.5) is 19.0 Å². The lowest BCUT2D eigenvalue weighted by Gasteiger charge is -2.11. The minimum absolute atomic E-state index is 0.148. The normalized spacial score (nSPS) is 11.3. The largest absolute Gasteiger partial charge is 0.484 e. The van der Waals surface area contributed by atoms with Crippen LogP contribution in [0.3, 0.4) is 0 Å². The van der Waals surface area contributed by atoms with Gasteiger partial charge in [0, 0.05) is 29.6 Å². The van der Waals surface area contributed by atoms with Crippen molar-refractivity contribution in [2.75, 3.05) is 11.9 Å². The minimum atomic E-state index is -4.38. The van der Waals surface area contributed by atoms with Crippen LogP contribution in [0.15, 0.2) is 47.4 Å². The molecule has 0 bridgehead atoms. The van der Waals surface area contributed by atoms with E-state index in [1.165, 1.54) is 12.1 Å². The van der Waals surface area contributed by atoms with Crippen LogP contribution in [0.5, 0.6) is 5.75 Å². The topological polar surface area (TPSA) is 79.9 Å². The number of benzene rings is 1. The third-order valence-electron chi connectivity index (χ3n) is 4.21. The Morgan fingerprint density at radius 1 is 1.17 bits per heavy atom. The number of aromatic amines is 1. The van der Waals surface area contributed by atoms with Crippen molar-refractivity contribution in [2.45, 2.75) is 26.6 Å². The summed E-state index contributed by atoms with van der Waals surface area (Å²) in [6, 6.07) is 9.91. The van der Waals surface area contributed by atoms with Gasteiger partial charge in [0.2, 0.25) is 0 Å². The summed E-state index contributed by atoms with van der Waals surface area (Å²) in [6.45, 7) is 2.50. The molecule has 1 aromatic carbocycles. The van der Waals surface area contributed by atoms with Gasteiger partial charge in [-0.15, -0.1) is 0 Å². The van der Waals surface area contributed by atoms with Crippen molar-refractivity contribution < 1.29 is 17.9 Å². The highest BCUT2D eigenvalue weighted by molar-refractivity contribution is 5.56. The summed E-state index contributed by atoms with van der Waals surface area (Å²) in [4.78, 5) is 23.3. The van der Waals surface area contributed by atoms with Crippen molar-refractivity contribution in [1.29, 1.82) is 0 Å². The van der Waals surface area contributed by atoms with Gasteiger partial charge in [0.1, 0.15) is 17.4 Å². The number of pyridine rings is 1. The minimum Gasteiger partial charge on any atom is -0.484 e. The van der Waals surface area contributed by atoms with Crippen molar-refractivity contribution in [1.82, 2.24) is 15.0 Å². The van der Waals surface area contributed by atoms with Crippen LogP contribution in [0, 0.1) is 13.8 Å². The zero-order valence-electron chi connectivity index (χ0n) is 15.8. The predicted molar refractivity (Wildman–Crippen MR) is 103 cm³/mol. The summed E-state index contributed by atoms with van der Waals surface area (Å²) in [6.07, 6.45) is -2.80. The maximum atomic E-state index is 12.3. The molecule has 2 heterocycles. The molecule has 0 aliphatic carbocycles. The average molecular weight is 404 g/mol. The number of hydrogen-bond acceptors (Lipinski definition) is 5. The van der Waals surface area contributed by atoms with Gasteiger partial charge >= 0.3 is 6.18 Å². The first-order valence-electron chi connectivity index (χ1n) is 8.77. The molecule has 0 atom stereocenters. The molecule has 9 heteroatoms. The summed E-state index contributed by atoms with van der Waals surface area (Å²) in [5.74, 6) is 1.16. The van der Waals surface area contributed by atoms with Gasteiger partial charge in [-0.2, -0.15) is 13.2 Å². The van der Waals surface area contributed by atoms with E-state index in [9.17, 15) is 18.0 Å². The fourth-order valence-corrected chi connectivity index (χ4v) is 2.52. The number of aryl methyl sites for hydroxylation is 1. The first-order chi connectivity index (χ1) is 13.7. The summed E-state index contributed by atoms with van der Waals surface area (Å²) in [5, 5.41) is 3.09. The molecule has 0 amide bonds. The first-order valence-corrected chi connectivity index (χ1v) is 8.77. The van der Waals surface area contributed by atoms with Gasteiger partial charge in [0.25, 0.3) is 5.56 Å². The van der Waals surface area contributed by atoms with Gasteiger partial charge in [-0.1, -0.05) is 12.1 Å². The molecule has 0 saturated heterocycles. The van der Waals surface area contributed by atoms with Crippen molar-refractivity contribution in [3.8, 4) is 17.1 Å². The Kier molecular flexibility index (Phi) is 5.86. The van der Waals surface area contributed by atoms with Crippen LogP contribution < -0.4 is 15.6 Å². The van der Waals surface area contributed by atoms with Crippen molar-refractivity contribution in [3.05, 3.63) is 69.8 Å². The van der Waals surface area contributed by atoms with Gasteiger partial charge < -0.3 is 15.0 Å². The van der Waals surface area contributed by atoms with E-state index < -0.39 is 12.8 Å². The van der Waals surface area contributed by atoms with E-state index >= 15 is 0 Å². The number of alkyl halides is 3. The van der Waals surface area contributed by atoms with Crippen molar-refractivity contribution in [3.63, 3.8) is 0 Å². The molecule has 0 radical (unpaired) electrons. The zero-order chi connectivity index (χ0) is 21.0. The fraction of sp³-hybridized carbons (Fsp3) is 0.250. The number of rotatable bonds is 6. The molecule has 0 aliphatic heterocycles. The second-order valence-corrected chi connectivity index (χ2v) is 6.46. The number of hydrogen-bond donors (Lipinski definition) is 2. The van der Waals surface area contributed by atoms with Crippen molar-refractivity contribution in [2.24, 2.45) is 0 Å². The Morgan fingerprint density at radius 2 is 1.97 bits per heavy atom. The smallest absolute Gasteiger partial charge is 0.422 e. The van der Waals surface area contributed by atoms with Gasteiger partial charge in [0.05, 0.1) is 0 Å². The maximum absolute atomic E-state index is 12.3. The highest BCUT2D eigenvalue weighted by Crippen LogP contribution is 2.20. The summed E-state index contributed by atoms with van der Waals surface area (Å²) >= 11 is 0. The Balaban J connectivity index is 1.64. The van der Waals surface area contributed by atoms with E-state index in [0.29, 0.717) is 35.0 Å². The highest BCUT2D eigenvalue weighted by atomic mass is 19.4. The van der Waals surface area contributed by atoms with E-state index in [0.717, 1.165) is 5.56 Å². The second kappa shape index (κ2) is 8.34. The average Bonchev–Trinajstić information content (AvgIpc) is 2.69. The van der Waals surface area contributed by atoms with Crippen LogP contribution in [-0.4, -0.2) is 27.7 Å². The Hall–Kier alpha value is -3.36. The van der Waals surface area contributed by atoms with Crippen LogP contribution in [0.1, 0.15) is 16.8 Å². The summed E-state index contributed by atoms with van der Waals surface area (Å²) in [5.41, 5.74) is 2.44. The third-order valence-corrected chi connectivity index (χ3v) is 4.21. The third kappa shape index (κ3) is 5.56. The van der Waals surface area contributed by atoms with E-state index in [1.807, 2.05) is 0 Å². The van der Waals surface area contributed by atoms with Gasteiger partial charge in [-0.3, -0.25) is 4.79 Å². The number of aromatic nitrogens is 3. The van der Waals surface area contributed by atoms with Crippen LogP contribution in [-0.2, 0) is 6.54 Å². The molecule has 3 aromatic rings. The van der Waals surface area contributed by atoms with Crippen LogP contribution in [0.2, 0.25) is 0 Å². The fourth-order valence-electron chi connectivity index (χ4n) is 2.52. The number of ether oxygens (including phenoxy) is 1. The quantitative estimate of drug-likeness (QED) is 0.649. The number of anilines is 1. The molecule has 6 nitrogen and oxygen atoms in total. The molecule has 2 aromatic heterocycles. The van der Waals surface area contributed by atoms with Gasteiger partial charge in [-0.25, -0.2) is 9.97 Å². The molecule has 0 spiro atoms. The van der Waals surface area contributed by atoms with Gasteiger partial charge in [0.15, 0.2) is 6.61 Å². The Morgan fingerprint density at radius 3 is 2.62 bits per heavy atom. The lowest BCUT2D eigenvalue weighted by molar-refractivity contribution is -0.153. The maximum Gasteiger partial charge on any atom is 0.422 e. The van der Waals surface area contributed by atoms with E-state index in [4.69, 9.17) is 4.74 Å². The SMILES string of the molecule is Cc1nc(-c2ccc(NCc3cccc(OCC(F)(F)F)c3)nc2)[nH]c(=O)c1C. The standard InChI is InChI=1S/C20H19F3N4O2/c1-12-13(2)26-18(27-19(12)28)15-6-7-17(25-10-15)24-9-14-4-3-5-16(8-14)29-11-20(21,22)23/h3-8,10H,9,11H2,1-2H3,(H,24,25)(H,26,27,28). The molecule has 3 rings (SSSR count). The molecule has 0 fully saturated rings. The lowest BCUT2D eigenvalue weighted by Crippen LogP contribution is -2.19. The monoisotopic (exact) mass is 404 g/mol. The summed E-state index contributed by atoms with van der Waals surface area (Å²) < 4.78 is 41.5. The Bertz CT molecular complexity index is 1050.